The van der Waals surface area contributed by atoms with Crippen LogP contribution >= 0.6 is 0 Å². The van der Waals surface area contributed by atoms with Crippen molar-refractivity contribution in [2.45, 2.75) is 37.4 Å². The van der Waals surface area contributed by atoms with Gasteiger partial charge >= 0.3 is 12.1 Å². The number of carbonyl (C=O) groups is 1. The second kappa shape index (κ2) is 10.6. The maximum Gasteiger partial charge on any atom is 0.432 e. The van der Waals surface area contributed by atoms with Crippen LogP contribution in [0, 0.1) is 0 Å². The number of hydrogen-bond donors (Lipinski definition) is 0. The zero-order chi connectivity index (χ0) is 25.7. The van der Waals surface area contributed by atoms with E-state index in [2.05, 4.69) is 19.7 Å². The van der Waals surface area contributed by atoms with Gasteiger partial charge in [0.1, 0.15) is 14.2 Å². The first-order chi connectivity index (χ1) is 16.5. The summed E-state index contributed by atoms with van der Waals surface area (Å²) in [5.74, 6) is -1.51. The third kappa shape index (κ3) is 5.41. The highest BCUT2D eigenvalue weighted by Gasteiger charge is 2.64. The van der Waals surface area contributed by atoms with Crippen molar-refractivity contribution in [3.05, 3.63) is 114 Å². The molecular formula is C28H29F3O3Si. The van der Waals surface area contributed by atoms with Gasteiger partial charge in [0.25, 0.3) is 5.60 Å². The van der Waals surface area contributed by atoms with E-state index in [0.29, 0.717) is 5.56 Å². The summed E-state index contributed by atoms with van der Waals surface area (Å²) in [6, 6.07) is 25.5. The minimum Gasteiger partial charge on any atom is -0.455 e. The fourth-order valence-electron chi connectivity index (χ4n) is 4.03. The van der Waals surface area contributed by atoms with Crippen LogP contribution in [0.5, 0.6) is 0 Å². The summed E-state index contributed by atoms with van der Waals surface area (Å²) in [6.07, 6.45) is -5.82. The minimum atomic E-state index is -5.05. The van der Waals surface area contributed by atoms with Crippen LogP contribution in [0.2, 0.25) is 13.1 Å². The van der Waals surface area contributed by atoms with Gasteiger partial charge in [0, 0.05) is 19.1 Å². The highest BCUT2D eigenvalue weighted by atomic mass is 28.3. The largest absolute Gasteiger partial charge is 0.455 e. The molecule has 3 aromatic carbocycles. The molecule has 1 unspecified atom stereocenters. The molecule has 0 aromatic heterocycles. The van der Waals surface area contributed by atoms with Crippen LogP contribution in [-0.2, 0) is 19.9 Å². The van der Waals surface area contributed by atoms with Crippen molar-refractivity contribution >= 4 is 19.2 Å². The summed E-state index contributed by atoms with van der Waals surface area (Å²) >= 11 is 0. The van der Waals surface area contributed by atoms with Gasteiger partial charge in [-0.05, 0) is 5.56 Å². The van der Waals surface area contributed by atoms with Crippen molar-refractivity contribution in [1.82, 2.24) is 0 Å². The lowest BCUT2D eigenvalue weighted by atomic mass is 9.92. The molecule has 0 aliphatic rings. The summed E-state index contributed by atoms with van der Waals surface area (Å²) in [6.45, 7) is 8.52. The van der Waals surface area contributed by atoms with Gasteiger partial charge in [0.05, 0.1) is 0 Å². The van der Waals surface area contributed by atoms with Crippen molar-refractivity contribution in [3.8, 4) is 0 Å². The monoisotopic (exact) mass is 498 g/mol. The fraction of sp³-hybridized carbons (Fsp3) is 0.250. The molecule has 0 amide bonds. The molecule has 0 aliphatic carbocycles. The van der Waals surface area contributed by atoms with E-state index in [1.165, 1.54) is 24.3 Å². The first-order valence-corrected chi connectivity index (χ1v) is 14.2. The average Bonchev–Trinajstić information content (AvgIpc) is 2.85. The van der Waals surface area contributed by atoms with Gasteiger partial charge in [-0.1, -0.05) is 114 Å². The van der Waals surface area contributed by atoms with Crippen LogP contribution in [0.4, 0.5) is 13.2 Å². The zero-order valence-electron chi connectivity index (χ0n) is 20.0. The van der Waals surface area contributed by atoms with Gasteiger partial charge in [0.2, 0.25) is 0 Å². The summed E-state index contributed by atoms with van der Waals surface area (Å²) in [7, 11) is -1.36. The molecule has 0 spiro atoms. The predicted octanol–water partition coefficient (Wildman–Crippen LogP) is 6.48. The molecule has 0 radical (unpaired) electrons. The van der Waals surface area contributed by atoms with Gasteiger partial charge in [-0.3, -0.25) is 0 Å². The molecule has 2 atom stereocenters. The van der Waals surface area contributed by atoms with E-state index >= 15 is 0 Å². The minimum absolute atomic E-state index is 0.191. The first kappa shape index (κ1) is 26.4. The van der Waals surface area contributed by atoms with Crippen LogP contribution in [0.3, 0.4) is 0 Å². The Balaban J connectivity index is 1.99. The third-order valence-corrected chi connectivity index (χ3v) is 10.2. The first-order valence-electron chi connectivity index (χ1n) is 11.2. The summed E-state index contributed by atoms with van der Waals surface area (Å²) in [4.78, 5) is 13.3. The quantitative estimate of drug-likeness (QED) is 0.250. The normalized spacial score (nSPS) is 14.6. The molecule has 0 bridgehead atoms. The molecule has 184 valence electrons. The Kier molecular flexibility index (Phi) is 8.02. The molecule has 7 heteroatoms. The fourth-order valence-corrected chi connectivity index (χ4v) is 6.16. The highest BCUT2D eigenvalue weighted by molar-refractivity contribution is 6.95. The molecule has 3 nitrogen and oxygen atoms in total. The van der Waals surface area contributed by atoms with E-state index in [-0.39, 0.29) is 12.0 Å². The maximum absolute atomic E-state index is 14.4. The Bertz CT molecular complexity index is 1130. The Morgan fingerprint density at radius 2 is 1.37 bits per heavy atom. The number of methoxy groups -OCH3 is 1. The van der Waals surface area contributed by atoms with Crippen LogP contribution in [0.15, 0.2) is 103 Å². The van der Waals surface area contributed by atoms with Crippen molar-refractivity contribution < 1.29 is 27.4 Å². The number of esters is 1. The van der Waals surface area contributed by atoms with Crippen LogP contribution in [0.1, 0.15) is 23.7 Å². The van der Waals surface area contributed by atoms with Crippen LogP contribution in [-0.4, -0.2) is 27.3 Å². The second-order valence-electron chi connectivity index (χ2n) is 8.85. The van der Waals surface area contributed by atoms with E-state index in [9.17, 15) is 18.0 Å². The van der Waals surface area contributed by atoms with E-state index in [0.717, 1.165) is 17.5 Å². The van der Waals surface area contributed by atoms with Crippen molar-refractivity contribution in [3.63, 3.8) is 0 Å². The van der Waals surface area contributed by atoms with E-state index < -0.39 is 31.9 Å². The average molecular weight is 499 g/mol. The van der Waals surface area contributed by atoms with Crippen molar-refractivity contribution in [2.24, 2.45) is 0 Å². The standard InChI is InChI=1S/C28H29F3O3Si/c1-21(35(3,4)24-18-12-7-13-19-24)20-25(22-14-8-5-9-15-22)34-26(32)27(33-2,28(29,30)31)23-16-10-6-11-17-23/h5-19,25H,1,20H2,2-4H3/t25?,27-/m0/s1. The topological polar surface area (TPSA) is 35.5 Å². The molecule has 0 saturated heterocycles. The zero-order valence-corrected chi connectivity index (χ0v) is 21.0. The molecule has 35 heavy (non-hydrogen) atoms. The lowest BCUT2D eigenvalue weighted by Crippen LogP contribution is -2.52. The Labute approximate surface area is 205 Å². The molecule has 0 N–H and O–H groups in total. The third-order valence-electron chi connectivity index (χ3n) is 6.40. The predicted molar refractivity (Wildman–Crippen MR) is 134 cm³/mol. The van der Waals surface area contributed by atoms with Gasteiger partial charge < -0.3 is 9.47 Å². The Morgan fingerprint density at radius 3 is 1.86 bits per heavy atom. The van der Waals surface area contributed by atoms with E-state index in [1.54, 1.807) is 36.4 Å². The molecule has 0 aliphatic heterocycles. The summed E-state index contributed by atoms with van der Waals surface area (Å²) < 4.78 is 53.8. The maximum atomic E-state index is 14.4. The van der Waals surface area contributed by atoms with Gasteiger partial charge in [0.15, 0.2) is 0 Å². The SMILES string of the molecule is C=C(CC(OC(=O)[C@@](OC)(c1ccccc1)C(F)(F)F)c1ccccc1)[Si](C)(C)c1ccccc1. The number of ether oxygens (including phenoxy) is 2. The van der Waals surface area contributed by atoms with E-state index in [4.69, 9.17) is 9.47 Å². The Hall–Kier alpha value is -3.16. The number of carbonyl (C=O) groups excluding carboxylic acids is 1. The van der Waals surface area contributed by atoms with Crippen LogP contribution < -0.4 is 5.19 Å². The molecule has 3 rings (SSSR count). The number of rotatable bonds is 9. The highest BCUT2D eigenvalue weighted by Crippen LogP contribution is 2.44. The van der Waals surface area contributed by atoms with E-state index in [1.807, 2.05) is 30.3 Å². The lowest BCUT2D eigenvalue weighted by molar-refractivity contribution is -0.278. The number of benzene rings is 3. The summed E-state index contributed by atoms with van der Waals surface area (Å²) in [5, 5.41) is 1.98. The van der Waals surface area contributed by atoms with Crippen molar-refractivity contribution in [2.75, 3.05) is 7.11 Å². The molecule has 0 fully saturated rings. The van der Waals surface area contributed by atoms with Crippen molar-refractivity contribution in [1.29, 1.82) is 0 Å². The molecule has 0 saturated carbocycles. The number of alkyl halides is 3. The van der Waals surface area contributed by atoms with Gasteiger partial charge in [-0.15, -0.1) is 6.58 Å². The number of halogens is 3. The Morgan fingerprint density at radius 1 is 0.886 bits per heavy atom. The lowest BCUT2D eigenvalue weighted by Gasteiger charge is -2.35. The van der Waals surface area contributed by atoms with Gasteiger partial charge in [-0.2, -0.15) is 13.2 Å². The molecule has 0 heterocycles. The molecular weight excluding hydrogens is 469 g/mol. The molecule has 3 aromatic rings. The smallest absolute Gasteiger partial charge is 0.432 e. The second-order valence-corrected chi connectivity index (χ2v) is 13.4. The van der Waals surface area contributed by atoms with Gasteiger partial charge in [-0.25, -0.2) is 4.79 Å². The summed E-state index contributed by atoms with van der Waals surface area (Å²) in [5.41, 5.74) is -3.01. The number of hydrogen-bond acceptors (Lipinski definition) is 3. The van der Waals surface area contributed by atoms with Crippen LogP contribution in [0.25, 0.3) is 0 Å².